The van der Waals surface area contributed by atoms with Crippen molar-refractivity contribution in [1.82, 2.24) is 0 Å². The number of allylic oxidation sites excluding steroid dienone is 4. The molecular weight excluding hydrogens is 745 g/mol. The van der Waals surface area contributed by atoms with Crippen molar-refractivity contribution in [3.8, 4) is 0 Å². The van der Waals surface area contributed by atoms with Gasteiger partial charge in [-0.25, -0.2) is 0 Å². The minimum atomic E-state index is -0.769. The van der Waals surface area contributed by atoms with Crippen LogP contribution in [0.2, 0.25) is 0 Å². The Morgan fingerprint density at radius 3 is 0.833 bits per heavy atom. The molecule has 0 bridgehead atoms. The fourth-order valence-electron chi connectivity index (χ4n) is 7.67. The summed E-state index contributed by atoms with van der Waals surface area (Å²) in [6.07, 6.45) is 56.0. The van der Waals surface area contributed by atoms with Gasteiger partial charge in [0.1, 0.15) is 13.2 Å². The van der Waals surface area contributed by atoms with Crippen LogP contribution in [0.25, 0.3) is 0 Å². The minimum absolute atomic E-state index is 0.0714. The second kappa shape index (κ2) is 49.5. The van der Waals surface area contributed by atoms with Crippen molar-refractivity contribution in [1.29, 1.82) is 0 Å². The summed E-state index contributed by atoms with van der Waals surface area (Å²) in [6, 6.07) is 0. The quantitative estimate of drug-likeness (QED) is 0.0263. The van der Waals surface area contributed by atoms with E-state index in [2.05, 4.69) is 45.1 Å². The van der Waals surface area contributed by atoms with E-state index in [1.54, 1.807) is 0 Å². The van der Waals surface area contributed by atoms with Gasteiger partial charge in [-0.05, 0) is 70.6 Å². The molecule has 0 rings (SSSR count). The Hall–Kier alpha value is -2.11. The van der Waals surface area contributed by atoms with Gasteiger partial charge in [-0.2, -0.15) is 0 Å². The molecule has 0 aromatic heterocycles. The van der Waals surface area contributed by atoms with Crippen LogP contribution in [0.1, 0.15) is 284 Å². The van der Waals surface area contributed by atoms with Gasteiger partial charge in [0.2, 0.25) is 0 Å². The fraction of sp³-hybridized carbons (Fsp3) is 0.870. The lowest BCUT2D eigenvalue weighted by atomic mass is 10.1. The maximum absolute atomic E-state index is 12.8. The molecule has 0 aromatic carbocycles. The number of carbonyl (C=O) groups excluding carboxylic acids is 3. The first kappa shape index (κ1) is 57.9. The molecule has 0 heterocycles. The zero-order valence-electron chi connectivity index (χ0n) is 40.2. The zero-order chi connectivity index (χ0) is 43.7. The maximum Gasteiger partial charge on any atom is 0.306 e. The Morgan fingerprint density at radius 2 is 0.550 bits per heavy atom. The van der Waals surface area contributed by atoms with Crippen molar-refractivity contribution in [3.63, 3.8) is 0 Å². The van der Waals surface area contributed by atoms with Gasteiger partial charge in [0, 0.05) is 19.3 Å². The Bertz CT molecular complexity index is 973. The van der Waals surface area contributed by atoms with Gasteiger partial charge in [0.05, 0.1) is 0 Å². The first-order valence-corrected chi connectivity index (χ1v) is 26.3. The van der Waals surface area contributed by atoms with Gasteiger partial charge in [-0.3, -0.25) is 14.4 Å². The van der Waals surface area contributed by atoms with Gasteiger partial charge in [0.15, 0.2) is 6.10 Å². The average Bonchev–Trinajstić information content (AvgIpc) is 3.24. The Kier molecular flexibility index (Phi) is 47.8. The molecule has 0 spiro atoms. The van der Waals surface area contributed by atoms with E-state index in [-0.39, 0.29) is 31.1 Å². The van der Waals surface area contributed by atoms with Gasteiger partial charge < -0.3 is 14.2 Å². The number of esters is 3. The van der Waals surface area contributed by atoms with E-state index < -0.39 is 6.10 Å². The van der Waals surface area contributed by atoms with Crippen molar-refractivity contribution in [3.05, 3.63) is 24.3 Å². The largest absolute Gasteiger partial charge is 0.462 e. The highest BCUT2D eigenvalue weighted by atomic mass is 16.6. The van der Waals surface area contributed by atoms with Crippen LogP contribution >= 0.6 is 0 Å². The molecule has 0 saturated carbocycles. The summed E-state index contributed by atoms with van der Waals surface area (Å²) in [5.74, 6) is -0.872. The number of hydrogen-bond donors (Lipinski definition) is 0. The predicted molar refractivity (Wildman–Crippen MR) is 256 cm³/mol. The molecule has 0 aliphatic heterocycles. The van der Waals surface area contributed by atoms with Crippen LogP contribution in [0, 0.1) is 0 Å². The highest BCUT2D eigenvalue weighted by Crippen LogP contribution is 2.15. The van der Waals surface area contributed by atoms with E-state index >= 15 is 0 Å². The second-order valence-electron chi connectivity index (χ2n) is 17.8. The van der Waals surface area contributed by atoms with Crippen LogP contribution in [0.5, 0.6) is 0 Å². The van der Waals surface area contributed by atoms with Gasteiger partial charge >= 0.3 is 17.9 Å². The Labute approximate surface area is 373 Å². The standard InChI is InChI=1S/C54H100O6/c1-4-7-10-13-16-19-21-23-25-27-29-31-33-35-38-41-44-47-53(56)59-50-51(49-58-52(55)46-43-40-37-18-15-12-9-6-3)60-54(57)48-45-42-39-36-34-32-30-28-26-24-22-20-17-14-11-8-5-2/h23-26,51H,4-22,27-50H2,1-3H3/b25-23-,26-24-. The topological polar surface area (TPSA) is 78.9 Å². The van der Waals surface area contributed by atoms with Crippen LogP contribution in [-0.2, 0) is 28.6 Å². The maximum atomic E-state index is 12.8. The van der Waals surface area contributed by atoms with Crippen LogP contribution in [0.3, 0.4) is 0 Å². The number of carbonyl (C=O) groups is 3. The third-order valence-electron chi connectivity index (χ3n) is 11.7. The zero-order valence-corrected chi connectivity index (χ0v) is 40.2. The van der Waals surface area contributed by atoms with Gasteiger partial charge in [-0.1, -0.05) is 218 Å². The summed E-state index contributed by atoms with van der Waals surface area (Å²) >= 11 is 0. The molecule has 0 N–H and O–H groups in total. The van der Waals surface area contributed by atoms with E-state index in [0.29, 0.717) is 19.3 Å². The lowest BCUT2D eigenvalue weighted by molar-refractivity contribution is -0.167. The number of ether oxygens (including phenoxy) is 3. The SMILES string of the molecule is CCCCCCCC/C=C\CCCCCCCCCC(=O)OCC(COC(=O)CCCCCCCCCC)OC(=O)CCCCCCCCC/C=C\CCCCCCCC. The van der Waals surface area contributed by atoms with Crippen molar-refractivity contribution in [2.45, 2.75) is 290 Å². The lowest BCUT2D eigenvalue weighted by Crippen LogP contribution is -2.30. The monoisotopic (exact) mass is 845 g/mol. The number of unbranched alkanes of at least 4 members (excludes halogenated alkanes) is 33. The summed E-state index contributed by atoms with van der Waals surface area (Å²) in [6.45, 7) is 6.62. The van der Waals surface area contributed by atoms with Crippen LogP contribution in [0.4, 0.5) is 0 Å². The van der Waals surface area contributed by atoms with E-state index in [4.69, 9.17) is 14.2 Å². The molecule has 1 unspecified atom stereocenters. The molecule has 0 aromatic rings. The average molecular weight is 845 g/mol. The van der Waals surface area contributed by atoms with E-state index in [1.807, 2.05) is 0 Å². The molecule has 0 aliphatic carbocycles. The molecule has 6 heteroatoms. The summed E-state index contributed by atoms with van der Waals surface area (Å²) in [4.78, 5) is 37.9. The lowest BCUT2D eigenvalue weighted by Gasteiger charge is -2.18. The van der Waals surface area contributed by atoms with Gasteiger partial charge in [0.25, 0.3) is 0 Å². The molecule has 60 heavy (non-hydrogen) atoms. The Balaban J connectivity index is 4.27. The molecule has 6 nitrogen and oxygen atoms in total. The van der Waals surface area contributed by atoms with E-state index in [0.717, 1.165) is 57.8 Å². The van der Waals surface area contributed by atoms with Gasteiger partial charge in [-0.15, -0.1) is 0 Å². The summed E-state index contributed by atoms with van der Waals surface area (Å²) in [5, 5.41) is 0. The molecular formula is C54H100O6. The van der Waals surface area contributed by atoms with Crippen molar-refractivity contribution in [2.24, 2.45) is 0 Å². The highest BCUT2D eigenvalue weighted by Gasteiger charge is 2.19. The van der Waals surface area contributed by atoms with E-state index in [1.165, 1.54) is 186 Å². The molecule has 0 fully saturated rings. The normalized spacial score (nSPS) is 12.1. The molecule has 0 saturated heterocycles. The third-order valence-corrected chi connectivity index (χ3v) is 11.7. The Morgan fingerprint density at radius 1 is 0.317 bits per heavy atom. The molecule has 0 aliphatic rings. The first-order chi connectivity index (χ1) is 29.5. The van der Waals surface area contributed by atoms with Crippen molar-refractivity contribution in [2.75, 3.05) is 13.2 Å². The predicted octanol–water partition coefficient (Wildman–Crippen LogP) is 17.2. The summed E-state index contributed by atoms with van der Waals surface area (Å²) in [7, 11) is 0. The second-order valence-corrected chi connectivity index (χ2v) is 17.8. The van der Waals surface area contributed by atoms with Crippen LogP contribution in [0.15, 0.2) is 24.3 Å². The third kappa shape index (κ3) is 46.9. The molecule has 0 amide bonds. The smallest absolute Gasteiger partial charge is 0.306 e. The molecule has 1 atom stereocenters. The summed E-state index contributed by atoms with van der Waals surface area (Å²) in [5.41, 5.74) is 0. The number of hydrogen-bond acceptors (Lipinski definition) is 6. The van der Waals surface area contributed by atoms with Crippen molar-refractivity contribution >= 4 is 17.9 Å². The summed E-state index contributed by atoms with van der Waals surface area (Å²) < 4.78 is 16.8. The van der Waals surface area contributed by atoms with E-state index in [9.17, 15) is 14.4 Å². The highest BCUT2D eigenvalue weighted by molar-refractivity contribution is 5.71. The molecule has 352 valence electrons. The minimum Gasteiger partial charge on any atom is -0.462 e. The first-order valence-electron chi connectivity index (χ1n) is 26.3. The van der Waals surface area contributed by atoms with Crippen LogP contribution in [-0.4, -0.2) is 37.2 Å². The number of rotatable bonds is 48. The van der Waals surface area contributed by atoms with Crippen molar-refractivity contribution < 1.29 is 28.6 Å². The van der Waals surface area contributed by atoms with Crippen LogP contribution < -0.4 is 0 Å². The fourth-order valence-corrected chi connectivity index (χ4v) is 7.67. The molecule has 0 radical (unpaired) electrons.